The van der Waals surface area contributed by atoms with Crippen LogP contribution in [0.4, 0.5) is 0 Å². The lowest BCUT2D eigenvalue weighted by Crippen LogP contribution is -2.16. The van der Waals surface area contributed by atoms with Gasteiger partial charge in [-0.05, 0) is 0 Å². The summed E-state index contributed by atoms with van der Waals surface area (Å²) in [5.74, 6) is -0.508. The molecule has 0 bridgehead atoms. The molecule has 3 N–H and O–H groups in total. The lowest BCUT2D eigenvalue weighted by molar-refractivity contribution is -0.117. The average Bonchev–Trinajstić information content (AvgIpc) is 2.34. The smallest absolute Gasteiger partial charge is 0.293 e. The molecule has 0 aliphatic heterocycles. The molecule has 1 aromatic rings. The summed E-state index contributed by atoms with van der Waals surface area (Å²) in [7, 11) is -4.00. The zero-order chi connectivity index (χ0) is 9.90. The molecule has 1 aromatic heterocycles. The highest BCUT2D eigenvalue weighted by Gasteiger charge is 2.33. The van der Waals surface area contributed by atoms with E-state index in [2.05, 4.69) is 10.1 Å². The molecule has 0 saturated carbocycles. The number of nitrogens with zero attached hydrogens (tertiary/aromatic N) is 3. The highest BCUT2D eigenvalue weighted by Crippen LogP contribution is 2.43. The minimum atomic E-state index is -4.00. The minimum Gasteiger partial charge on any atom is -0.293 e. The third-order valence-electron chi connectivity index (χ3n) is 1.19. The molecule has 0 fully saturated rings. The Morgan fingerprint density at radius 2 is 2.15 bits per heavy atom. The van der Waals surface area contributed by atoms with E-state index in [-0.39, 0.29) is 6.54 Å². The predicted octanol–water partition coefficient (Wildman–Crippen LogP) is -1.41. The number of rotatable bonds is 4. The second-order valence-electron chi connectivity index (χ2n) is 2.48. The lowest BCUT2D eigenvalue weighted by Gasteiger charge is -2.02. The first-order chi connectivity index (χ1) is 5.97. The van der Waals surface area contributed by atoms with Gasteiger partial charge >= 0.3 is 7.94 Å². The van der Waals surface area contributed by atoms with Gasteiger partial charge in [0.25, 0.3) is 0 Å². The maximum atomic E-state index is 11.0. The Hall–Kier alpha value is -0.880. The van der Waals surface area contributed by atoms with Gasteiger partial charge in [0.2, 0.25) is 0 Å². The Balaban J connectivity index is 2.43. The topological polar surface area (TPSA) is 108 Å². The lowest BCUT2D eigenvalue weighted by atomic mass is 10.4. The molecule has 0 aliphatic carbocycles. The summed E-state index contributed by atoms with van der Waals surface area (Å²) >= 11 is 0. The summed E-state index contributed by atoms with van der Waals surface area (Å²) < 4.78 is 1.23. The minimum absolute atomic E-state index is 0.122. The SMILES string of the molecule is O=C(Cn1cncn1)C[P+](O)(O)O. The van der Waals surface area contributed by atoms with Crippen LogP contribution in [0, 0.1) is 0 Å². The number of Topliss-reactive ketones (excluding diaryl/α,β-unsaturated/α-hetero) is 1. The van der Waals surface area contributed by atoms with Crippen molar-refractivity contribution in [2.45, 2.75) is 6.54 Å². The van der Waals surface area contributed by atoms with Crippen LogP contribution in [0.3, 0.4) is 0 Å². The van der Waals surface area contributed by atoms with Crippen LogP contribution in [0.1, 0.15) is 0 Å². The van der Waals surface area contributed by atoms with Crippen LogP contribution in [0.2, 0.25) is 0 Å². The molecule has 1 rings (SSSR count). The van der Waals surface area contributed by atoms with Gasteiger partial charge in [0.05, 0.1) is 0 Å². The van der Waals surface area contributed by atoms with Crippen molar-refractivity contribution >= 4 is 13.7 Å². The molecule has 0 unspecified atom stereocenters. The summed E-state index contributed by atoms with van der Waals surface area (Å²) in [6.45, 7) is -0.122. The molecule has 72 valence electrons. The van der Waals surface area contributed by atoms with E-state index in [0.717, 1.165) is 0 Å². The molecule has 0 saturated heterocycles. The van der Waals surface area contributed by atoms with E-state index < -0.39 is 19.9 Å². The van der Waals surface area contributed by atoms with Crippen LogP contribution in [-0.4, -0.2) is 41.4 Å². The summed E-state index contributed by atoms with van der Waals surface area (Å²) in [5, 5.41) is 3.64. The fraction of sp³-hybridized carbons (Fsp3) is 0.400. The maximum Gasteiger partial charge on any atom is 0.411 e. The van der Waals surface area contributed by atoms with Crippen LogP contribution in [0.5, 0.6) is 0 Å². The highest BCUT2D eigenvalue weighted by molar-refractivity contribution is 7.59. The summed E-state index contributed by atoms with van der Waals surface area (Å²) in [6, 6.07) is 0. The molecule has 0 amide bonds. The Kier molecular flexibility index (Phi) is 3.05. The fourth-order valence-corrected chi connectivity index (χ4v) is 1.35. The molecular weight excluding hydrogens is 197 g/mol. The van der Waals surface area contributed by atoms with Crippen molar-refractivity contribution in [1.82, 2.24) is 14.8 Å². The molecule has 13 heavy (non-hydrogen) atoms. The van der Waals surface area contributed by atoms with E-state index in [4.69, 9.17) is 14.7 Å². The van der Waals surface area contributed by atoms with Crippen molar-refractivity contribution < 1.29 is 19.5 Å². The molecule has 0 atom stereocenters. The van der Waals surface area contributed by atoms with E-state index in [1.165, 1.54) is 17.3 Å². The molecule has 0 radical (unpaired) electrons. The second kappa shape index (κ2) is 3.89. The third-order valence-corrected chi connectivity index (χ3v) is 1.97. The number of ketones is 1. The third kappa shape index (κ3) is 4.05. The quantitative estimate of drug-likeness (QED) is 0.522. The Morgan fingerprint density at radius 3 is 2.62 bits per heavy atom. The van der Waals surface area contributed by atoms with E-state index in [9.17, 15) is 4.79 Å². The molecule has 8 heteroatoms. The largest absolute Gasteiger partial charge is 0.411 e. The first kappa shape index (κ1) is 10.2. The number of carbonyl (C=O) groups excluding carboxylic acids is 1. The second-order valence-corrected chi connectivity index (χ2v) is 4.18. The van der Waals surface area contributed by atoms with E-state index >= 15 is 0 Å². The zero-order valence-corrected chi connectivity index (χ0v) is 7.50. The van der Waals surface area contributed by atoms with Gasteiger partial charge in [-0.3, -0.25) is 4.79 Å². The van der Waals surface area contributed by atoms with Gasteiger partial charge < -0.3 is 0 Å². The van der Waals surface area contributed by atoms with Crippen LogP contribution >= 0.6 is 7.94 Å². The van der Waals surface area contributed by atoms with E-state index in [1.54, 1.807) is 0 Å². The monoisotopic (exact) mass is 206 g/mol. The maximum absolute atomic E-state index is 11.0. The summed E-state index contributed by atoms with van der Waals surface area (Å²) in [5.41, 5.74) is 0. The van der Waals surface area contributed by atoms with Gasteiger partial charge in [-0.25, -0.2) is 9.67 Å². The summed E-state index contributed by atoms with van der Waals surface area (Å²) in [4.78, 5) is 40.3. The van der Waals surface area contributed by atoms with Crippen molar-refractivity contribution in [1.29, 1.82) is 0 Å². The fourth-order valence-electron chi connectivity index (χ4n) is 0.782. The van der Waals surface area contributed by atoms with Crippen LogP contribution in [0.15, 0.2) is 12.7 Å². The molecule has 0 aliphatic rings. The van der Waals surface area contributed by atoms with Gasteiger partial charge in [0, 0.05) is 0 Å². The van der Waals surface area contributed by atoms with Crippen molar-refractivity contribution in [3.05, 3.63) is 12.7 Å². The number of carbonyl (C=O) groups is 1. The molecule has 7 nitrogen and oxygen atoms in total. The molecule has 0 aromatic carbocycles. The van der Waals surface area contributed by atoms with Gasteiger partial charge in [-0.1, -0.05) is 0 Å². The van der Waals surface area contributed by atoms with Crippen LogP contribution in [-0.2, 0) is 11.3 Å². The molecule has 1 heterocycles. The van der Waals surface area contributed by atoms with Gasteiger partial charge in [-0.15, -0.1) is 0 Å². The van der Waals surface area contributed by atoms with Crippen LogP contribution < -0.4 is 0 Å². The standard InChI is InChI=1S/C5H9N3O4P/c9-5(2-13(10,11)12)1-8-4-6-3-7-8/h3-4,10-12H,1-2H2/q+1. The number of hydrogen-bond donors (Lipinski definition) is 3. The normalized spacial score (nSPS) is 11.6. The van der Waals surface area contributed by atoms with Gasteiger partial charge in [-0.2, -0.15) is 19.8 Å². The Labute approximate surface area is 74.2 Å². The van der Waals surface area contributed by atoms with Crippen molar-refractivity contribution in [2.24, 2.45) is 0 Å². The Morgan fingerprint density at radius 1 is 1.46 bits per heavy atom. The molecule has 0 spiro atoms. The molecular formula is C5H9N3O4P+. The summed E-state index contributed by atoms with van der Waals surface area (Å²) in [6.07, 6.45) is 1.93. The zero-order valence-electron chi connectivity index (χ0n) is 6.61. The van der Waals surface area contributed by atoms with Crippen LogP contribution in [0.25, 0.3) is 0 Å². The number of hydrogen-bond acceptors (Lipinski definition) is 6. The number of aromatic nitrogens is 3. The van der Waals surface area contributed by atoms with Crippen molar-refractivity contribution in [2.75, 3.05) is 6.16 Å². The van der Waals surface area contributed by atoms with Gasteiger partial charge in [0.15, 0.2) is 11.9 Å². The Bertz CT molecular complexity index is 280. The van der Waals surface area contributed by atoms with Crippen molar-refractivity contribution in [3.63, 3.8) is 0 Å². The van der Waals surface area contributed by atoms with Crippen molar-refractivity contribution in [3.8, 4) is 0 Å². The van der Waals surface area contributed by atoms with E-state index in [0.29, 0.717) is 0 Å². The first-order valence-electron chi connectivity index (χ1n) is 3.38. The predicted molar refractivity (Wildman–Crippen MR) is 43.5 cm³/mol. The van der Waals surface area contributed by atoms with Gasteiger partial charge in [0.1, 0.15) is 19.2 Å². The first-order valence-corrected chi connectivity index (χ1v) is 5.21. The average molecular weight is 206 g/mol. The van der Waals surface area contributed by atoms with E-state index in [1.807, 2.05) is 0 Å². The highest BCUT2D eigenvalue weighted by atomic mass is 31.2.